The van der Waals surface area contributed by atoms with E-state index in [4.69, 9.17) is 0 Å². The van der Waals surface area contributed by atoms with Crippen molar-refractivity contribution in [1.82, 2.24) is 29.6 Å². The average Bonchev–Trinajstić information content (AvgIpc) is 3.58. The van der Waals surface area contributed by atoms with Crippen molar-refractivity contribution in [3.63, 3.8) is 0 Å². The van der Waals surface area contributed by atoms with Gasteiger partial charge in [0, 0.05) is 37.0 Å². The van der Waals surface area contributed by atoms with Crippen LogP contribution in [0.3, 0.4) is 0 Å². The molecule has 180 valence electrons. The number of anilines is 1. The molecule has 35 heavy (non-hydrogen) atoms. The molecule has 11 nitrogen and oxygen atoms in total. The highest BCUT2D eigenvalue weighted by Crippen LogP contribution is 2.31. The molecule has 0 saturated carbocycles. The lowest BCUT2D eigenvalue weighted by Crippen LogP contribution is -2.28. The van der Waals surface area contributed by atoms with Gasteiger partial charge in [-0.3, -0.25) is 19.8 Å². The number of nitrogens with zero attached hydrogens (tertiary/aromatic N) is 7. The van der Waals surface area contributed by atoms with Crippen LogP contribution in [0.15, 0.2) is 36.7 Å². The van der Waals surface area contributed by atoms with E-state index >= 15 is 0 Å². The van der Waals surface area contributed by atoms with Crippen molar-refractivity contribution in [2.75, 3.05) is 18.4 Å². The number of pyridine rings is 1. The molecule has 1 amide bonds. The van der Waals surface area contributed by atoms with E-state index in [2.05, 4.69) is 44.1 Å². The van der Waals surface area contributed by atoms with E-state index in [1.54, 1.807) is 6.20 Å². The molecule has 0 radical (unpaired) electrons. The van der Waals surface area contributed by atoms with Crippen LogP contribution in [-0.4, -0.2) is 59.6 Å². The summed E-state index contributed by atoms with van der Waals surface area (Å²) in [6.07, 6.45) is 3.82. The molecule has 4 aromatic heterocycles. The van der Waals surface area contributed by atoms with E-state index in [1.807, 2.05) is 4.68 Å². The number of carbonyl (C=O) groups excluding carboxylic acids is 1. The number of halogens is 1. The minimum absolute atomic E-state index is 0.0903. The van der Waals surface area contributed by atoms with Crippen LogP contribution in [0.1, 0.15) is 36.0 Å². The first-order chi connectivity index (χ1) is 16.8. The predicted molar refractivity (Wildman–Crippen MR) is 128 cm³/mol. The third-order valence-corrected chi connectivity index (χ3v) is 6.97. The fourth-order valence-corrected chi connectivity index (χ4v) is 4.79. The van der Waals surface area contributed by atoms with Gasteiger partial charge < -0.3 is 5.32 Å². The van der Waals surface area contributed by atoms with Gasteiger partial charge in [0.1, 0.15) is 5.82 Å². The van der Waals surface area contributed by atoms with Gasteiger partial charge in [0.25, 0.3) is 5.91 Å². The number of hydrogen-bond donors (Lipinski definition) is 1. The van der Waals surface area contributed by atoms with Gasteiger partial charge in [0.15, 0.2) is 11.5 Å². The maximum atomic E-state index is 13.4. The number of hydrogen-bond acceptors (Lipinski definition) is 9. The largest absolute Gasteiger partial charge is 0.324 e. The van der Waals surface area contributed by atoms with E-state index in [9.17, 15) is 19.3 Å². The second-order valence-electron chi connectivity index (χ2n) is 8.47. The zero-order chi connectivity index (χ0) is 24.7. The van der Waals surface area contributed by atoms with Crippen molar-refractivity contribution in [3.05, 3.63) is 57.6 Å². The van der Waals surface area contributed by atoms with Crippen LogP contribution in [0.2, 0.25) is 0 Å². The lowest BCUT2D eigenvalue weighted by Gasteiger charge is -2.20. The summed E-state index contributed by atoms with van der Waals surface area (Å²) in [5.74, 6) is -0.712. The van der Waals surface area contributed by atoms with Crippen molar-refractivity contribution in [2.24, 2.45) is 0 Å². The Kier molecular flexibility index (Phi) is 5.94. The second-order valence-corrected chi connectivity index (χ2v) is 9.53. The van der Waals surface area contributed by atoms with Gasteiger partial charge in [0.2, 0.25) is 5.95 Å². The summed E-state index contributed by atoms with van der Waals surface area (Å²) in [6, 6.07) is 5.89. The summed E-state index contributed by atoms with van der Waals surface area (Å²) >= 11 is 0.772. The highest BCUT2D eigenvalue weighted by Gasteiger charge is 2.29. The van der Waals surface area contributed by atoms with Gasteiger partial charge in [-0.2, -0.15) is 9.49 Å². The van der Waals surface area contributed by atoms with Crippen molar-refractivity contribution in [2.45, 2.75) is 32.4 Å². The molecule has 0 aromatic carbocycles. The van der Waals surface area contributed by atoms with Crippen LogP contribution in [0.4, 0.5) is 15.2 Å². The number of thiophene rings is 1. The maximum Gasteiger partial charge on any atom is 0.324 e. The summed E-state index contributed by atoms with van der Waals surface area (Å²) < 4.78 is 15.2. The molecule has 0 aliphatic carbocycles. The number of fused-ring (bicyclic) bond motifs is 1. The first-order valence-corrected chi connectivity index (χ1v) is 11.8. The fraction of sp³-hybridized carbons (Fsp3) is 0.318. The summed E-state index contributed by atoms with van der Waals surface area (Å²) in [7, 11) is 0. The van der Waals surface area contributed by atoms with Crippen LogP contribution in [0, 0.1) is 16.1 Å². The molecular weight excluding hydrogens is 475 g/mol. The summed E-state index contributed by atoms with van der Waals surface area (Å²) in [5, 5.41) is 18.7. The van der Waals surface area contributed by atoms with E-state index in [0.717, 1.165) is 30.8 Å². The topological polar surface area (TPSA) is 132 Å². The van der Waals surface area contributed by atoms with Crippen LogP contribution >= 0.6 is 11.3 Å². The van der Waals surface area contributed by atoms with Crippen molar-refractivity contribution in [1.29, 1.82) is 0 Å². The Morgan fingerprint density at radius 3 is 2.74 bits per heavy atom. The summed E-state index contributed by atoms with van der Waals surface area (Å²) in [6.45, 7) is 6.04. The van der Waals surface area contributed by atoms with Crippen molar-refractivity contribution in [3.8, 4) is 11.4 Å². The fourth-order valence-electron chi connectivity index (χ4n) is 4.08. The van der Waals surface area contributed by atoms with Crippen molar-refractivity contribution < 1.29 is 14.1 Å². The van der Waals surface area contributed by atoms with Gasteiger partial charge >= 0.3 is 5.00 Å². The normalized spacial score (nSPS) is 16.3. The van der Waals surface area contributed by atoms with Crippen LogP contribution < -0.4 is 5.32 Å². The molecule has 1 fully saturated rings. The molecule has 1 atom stereocenters. The van der Waals surface area contributed by atoms with E-state index in [1.165, 1.54) is 30.5 Å². The lowest BCUT2D eigenvalue weighted by molar-refractivity contribution is -0.380. The molecule has 1 aliphatic rings. The summed E-state index contributed by atoms with van der Waals surface area (Å²) in [4.78, 5) is 38.7. The zero-order valence-corrected chi connectivity index (χ0v) is 19.7. The molecule has 13 heteroatoms. The summed E-state index contributed by atoms with van der Waals surface area (Å²) in [5.41, 5.74) is 1.00. The van der Waals surface area contributed by atoms with E-state index in [-0.39, 0.29) is 27.6 Å². The second kappa shape index (κ2) is 9.07. The maximum absolute atomic E-state index is 13.4. The van der Waals surface area contributed by atoms with Gasteiger partial charge in [-0.25, -0.2) is 19.6 Å². The standard InChI is InChI=1S/C22H21FN8O3S/c1-12(2)29-8-7-14(11-29)30-21-15(10-25-30)20(26-19(27-21)13-3-5-17(23)24-9-13)28-22(32)16-4-6-18(35-16)31(33)34/h3-6,9-10,12,14H,7-8,11H2,1-2H3,(H,26,27,28,32)/t14-/m0/s1. The molecule has 0 bridgehead atoms. The Bertz CT molecular complexity index is 1420. The predicted octanol–water partition coefficient (Wildman–Crippen LogP) is 3.90. The Hall–Kier alpha value is -3.84. The van der Waals surface area contributed by atoms with E-state index in [0.29, 0.717) is 22.6 Å². The minimum atomic E-state index is -0.632. The Morgan fingerprint density at radius 2 is 2.09 bits per heavy atom. The number of aromatic nitrogens is 5. The molecule has 0 unspecified atom stereocenters. The number of likely N-dealkylation sites (tertiary alicyclic amines) is 1. The molecule has 5 heterocycles. The molecule has 1 N–H and O–H groups in total. The third-order valence-electron chi connectivity index (χ3n) is 5.94. The van der Waals surface area contributed by atoms with Crippen LogP contribution in [0.25, 0.3) is 22.4 Å². The molecule has 5 rings (SSSR count). The zero-order valence-electron chi connectivity index (χ0n) is 18.9. The first-order valence-electron chi connectivity index (χ1n) is 11.0. The Labute approximate surface area is 202 Å². The number of carbonyl (C=O) groups is 1. The highest BCUT2D eigenvalue weighted by atomic mass is 32.1. The highest BCUT2D eigenvalue weighted by molar-refractivity contribution is 7.17. The number of rotatable bonds is 6. The quantitative estimate of drug-likeness (QED) is 0.241. The smallest absolute Gasteiger partial charge is 0.305 e. The van der Waals surface area contributed by atoms with E-state index < -0.39 is 16.8 Å². The number of amides is 1. The molecule has 4 aromatic rings. The Balaban J connectivity index is 1.56. The lowest BCUT2D eigenvalue weighted by atomic mass is 10.2. The van der Waals surface area contributed by atoms with Crippen molar-refractivity contribution >= 4 is 39.1 Å². The molecule has 1 saturated heterocycles. The minimum Gasteiger partial charge on any atom is -0.305 e. The van der Waals surface area contributed by atoms with Gasteiger partial charge in [0.05, 0.1) is 27.4 Å². The van der Waals surface area contributed by atoms with Crippen LogP contribution in [0.5, 0.6) is 0 Å². The van der Waals surface area contributed by atoms with Crippen LogP contribution in [-0.2, 0) is 0 Å². The Morgan fingerprint density at radius 1 is 1.26 bits per heavy atom. The van der Waals surface area contributed by atoms with Gasteiger partial charge in [-0.15, -0.1) is 0 Å². The van der Waals surface area contributed by atoms with Gasteiger partial charge in [-0.1, -0.05) is 11.3 Å². The third kappa shape index (κ3) is 4.47. The van der Waals surface area contributed by atoms with Gasteiger partial charge in [-0.05, 0) is 38.5 Å². The monoisotopic (exact) mass is 496 g/mol. The molecule has 1 aliphatic heterocycles. The average molecular weight is 497 g/mol. The number of nitro groups is 1. The first kappa shape index (κ1) is 22.9. The SMILES string of the molecule is CC(C)N1CC[C@H](n2ncc3c(NC(=O)c4ccc([N+](=O)[O-])s4)nc(-c4ccc(F)nc4)nc32)C1. The number of nitrogens with one attached hydrogen (secondary N) is 1. The molecular formula is C22H21FN8O3S. The molecule has 0 spiro atoms.